The lowest BCUT2D eigenvalue weighted by molar-refractivity contribution is 0.325. The molecule has 1 aromatic heterocycles. The smallest absolute Gasteiger partial charge is 0.244 e. The van der Waals surface area contributed by atoms with Crippen molar-refractivity contribution < 1.29 is 4.52 Å². The lowest BCUT2D eigenvalue weighted by Crippen LogP contribution is -2.16. The molecule has 2 N–H and O–H groups in total. The van der Waals surface area contributed by atoms with Crippen LogP contribution in [0.3, 0.4) is 0 Å². The van der Waals surface area contributed by atoms with E-state index in [1.165, 1.54) is 5.56 Å². The lowest BCUT2D eigenvalue weighted by atomic mass is 10.1. The highest BCUT2D eigenvalue weighted by atomic mass is 35.5. The number of hydrogen-bond donors (Lipinski definition) is 1. The average Bonchev–Trinajstić information content (AvgIpc) is 2.78. The second-order valence-corrected chi connectivity index (χ2v) is 4.59. The third-order valence-corrected chi connectivity index (χ3v) is 2.75. The van der Waals surface area contributed by atoms with Gasteiger partial charge in [-0.1, -0.05) is 48.8 Å². The lowest BCUT2D eigenvalue weighted by Gasteiger charge is -2.09. The summed E-state index contributed by atoms with van der Waals surface area (Å²) in [6, 6.07) is 7.79. The number of hydrogen-bond acceptors (Lipinski definition) is 4. The normalized spacial score (nSPS) is 12.3. The highest BCUT2D eigenvalue weighted by Crippen LogP contribution is 2.21. The van der Waals surface area contributed by atoms with Crippen LogP contribution in [0.2, 0.25) is 0 Å². The molecule has 0 radical (unpaired) electrons. The summed E-state index contributed by atoms with van der Waals surface area (Å²) in [5.41, 5.74) is 8.11. The predicted molar refractivity (Wildman–Crippen MR) is 73.5 cm³/mol. The van der Waals surface area contributed by atoms with Crippen molar-refractivity contribution in [2.24, 2.45) is 11.7 Å². The average molecular weight is 268 g/mol. The Hall–Kier alpha value is -1.39. The second-order valence-electron chi connectivity index (χ2n) is 4.59. The van der Waals surface area contributed by atoms with Crippen LogP contribution in [0.1, 0.15) is 31.3 Å². The Morgan fingerprint density at radius 3 is 2.33 bits per heavy atom. The molecular formula is C13H18ClN3O. The summed E-state index contributed by atoms with van der Waals surface area (Å²) in [5, 5.41) is 3.95. The first-order valence-corrected chi connectivity index (χ1v) is 5.74. The molecule has 0 unspecified atom stereocenters. The molecule has 0 fully saturated rings. The molecule has 98 valence electrons. The van der Waals surface area contributed by atoms with E-state index in [0.29, 0.717) is 11.7 Å². The highest BCUT2D eigenvalue weighted by molar-refractivity contribution is 5.85. The second kappa shape index (κ2) is 5.98. The van der Waals surface area contributed by atoms with Gasteiger partial charge in [-0.05, 0) is 12.8 Å². The van der Waals surface area contributed by atoms with Gasteiger partial charge in [0.05, 0.1) is 6.04 Å². The largest absolute Gasteiger partial charge is 0.337 e. The molecule has 2 rings (SSSR count). The Bertz CT molecular complexity index is 493. The fourth-order valence-electron chi connectivity index (χ4n) is 1.48. The van der Waals surface area contributed by atoms with Crippen molar-refractivity contribution in [1.82, 2.24) is 10.1 Å². The van der Waals surface area contributed by atoms with E-state index in [1.54, 1.807) is 0 Å². The minimum Gasteiger partial charge on any atom is -0.337 e. The van der Waals surface area contributed by atoms with E-state index in [9.17, 15) is 0 Å². The Labute approximate surface area is 113 Å². The van der Waals surface area contributed by atoms with Gasteiger partial charge in [0.2, 0.25) is 11.7 Å². The van der Waals surface area contributed by atoms with Crippen LogP contribution in [0.5, 0.6) is 0 Å². The molecule has 0 saturated carbocycles. The van der Waals surface area contributed by atoms with Crippen molar-refractivity contribution >= 4 is 12.4 Å². The summed E-state index contributed by atoms with van der Waals surface area (Å²) in [6.45, 7) is 6.10. The van der Waals surface area contributed by atoms with Crippen LogP contribution in [0, 0.1) is 12.8 Å². The molecule has 1 atom stereocenters. The zero-order valence-corrected chi connectivity index (χ0v) is 11.6. The molecule has 1 heterocycles. The van der Waals surface area contributed by atoms with E-state index >= 15 is 0 Å². The van der Waals surface area contributed by atoms with E-state index < -0.39 is 0 Å². The third kappa shape index (κ3) is 3.09. The van der Waals surface area contributed by atoms with Gasteiger partial charge in [-0.25, -0.2) is 0 Å². The Morgan fingerprint density at radius 1 is 1.17 bits per heavy atom. The van der Waals surface area contributed by atoms with Gasteiger partial charge < -0.3 is 10.3 Å². The quantitative estimate of drug-likeness (QED) is 0.928. The first-order chi connectivity index (χ1) is 8.08. The topological polar surface area (TPSA) is 64.9 Å². The molecule has 4 nitrogen and oxygen atoms in total. The molecule has 2 aromatic rings. The first-order valence-electron chi connectivity index (χ1n) is 5.74. The number of benzene rings is 1. The van der Waals surface area contributed by atoms with Crippen LogP contribution in [-0.2, 0) is 0 Å². The van der Waals surface area contributed by atoms with Gasteiger partial charge in [0, 0.05) is 5.56 Å². The minimum absolute atomic E-state index is 0. The molecule has 1 aromatic carbocycles. The number of halogens is 1. The van der Waals surface area contributed by atoms with Crippen LogP contribution in [-0.4, -0.2) is 10.1 Å². The van der Waals surface area contributed by atoms with Crippen molar-refractivity contribution in [1.29, 1.82) is 0 Å². The molecule has 0 aliphatic rings. The van der Waals surface area contributed by atoms with Crippen molar-refractivity contribution in [3.63, 3.8) is 0 Å². The zero-order chi connectivity index (χ0) is 12.4. The monoisotopic (exact) mass is 267 g/mol. The summed E-state index contributed by atoms with van der Waals surface area (Å²) in [4.78, 5) is 4.33. The van der Waals surface area contributed by atoms with Crippen LogP contribution in [0.4, 0.5) is 0 Å². The minimum atomic E-state index is -0.207. The van der Waals surface area contributed by atoms with Crippen molar-refractivity contribution in [2.45, 2.75) is 26.8 Å². The molecule has 18 heavy (non-hydrogen) atoms. The number of rotatable bonds is 3. The fourth-order valence-corrected chi connectivity index (χ4v) is 1.48. The van der Waals surface area contributed by atoms with E-state index in [0.717, 1.165) is 5.56 Å². The third-order valence-electron chi connectivity index (χ3n) is 2.75. The van der Waals surface area contributed by atoms with Crippen molar-refractivity contribution in [2.75, 3.05) is 0 Å². The molecule has 0 aliphatic carbocycles. The highest BCUT2D eigenvalue weighted by Gasteiger charge is 2.18. The first kappa shape index (κ1) is 14.7. The van der Waals surface area contributed by atoms with Crippen LogP contribution >= 0.6 is 12.4 Å². The Kier molecular flexibility index (Phi) is 4.87. The van der Waals surface area contributed by atoms with Crippen LogP contribution < -0.4 is 5.73 Å². The summed E-state index contributed by atoms with van der Waals surface area (Å²) >= 11 is 0. The van der Waals surface area contributed by atoms with Crippen LogP contribution in [0.15, 0.2) is 28.8 Å². The van der Waals surface area contributed by atoms with Gasteiger partial charge in [0.25, 0.3) is 0 Å². The van der Waals surface area contributed by atoms with E-state index in [-0.39, 0.29) is 24.4 Å². The maximum Gasteiger partial charge on any atom is 0.244 e. The fraction of sp³-hybridized carbons (Fsp3) is 0.385. The molecule has 0 aliphatic heterocycles. The van der Waals surface area contributed by atoms with Crippen LogP contribution in [0.25, 0.3) is 11.4 Å². The summed E-state index contributed by atoms with van der Waals surface area (Å²) < 4.78 is 5.19. The number of nitrogens with two attached hydrogens (primary N) is 1. The summed E-state index contributed by atoms with van der Waals surface area (Å²) in [6.07, 6.45) is 0. The molecule has 0 spiro atoms. The molecule has 5 heteroatoms. The van der Waals surface area contributed by atoms with Crippen molar-refractivity contribution in [3.05, 3.63) is 35.7 Å². The van der Waals surface area contributed by atoms with Gasteiger partial charge in [-0.2, -0.15) is 4.98 Å². The Balaban J connectivity index is 0.00000162. The Morgan fingerprint density at radius 2 is 1.78 bits per heavy atom. The standard InChI is InChI=1S/C13H17N3O.ClH/c1-8(2)11(14)13-15-12(16-17-13)10-6-4-9(3)5-7-10;/h4-8,11H,14H2,1-3H3;1H/t11-;/m1./s1. The zero-order valence-electron chi connectivity index (χ0n) is 10.8. The van der Waals surface area contributed by atoms with Gasteiger partial charge >= 0.3 is 0 Å². The molecule has 0 saturated heterocycles. The predicted octanol–water partition coefficient (Wildman–Crippen LogP) is 3.12. The molecular weight excluding hydrogens is 250 g/mol. The SMILES string of the molecule is Cc1ccc(-c2noc([C@H](N)C(C)C)n2)cc1.Cl. The van der Waals surface area contributed by atoms with Gasteiger partial charge in [0.15, 0.2) is 0 Å². The number of nitrogens with zero attached hydrogens (tertiary/aromatic N) is 2. The van der Waals surface area contributed by atoms with E-state index in [4.69, 9.17) is 10.3 Å². The number of aromatic nitrogens is 2. The van der Waals surface area contributed by atoms with E-state index in [2.05, 4.69) is 10.1 Å². The van der Waals surface area contributed by atoms with E-state index in [1.807, 2.05) is 45.0 Å². The van der Waals surface area contributed by atoms with Gasteiger partial charge in [-0.3, -0.25) is 0 Å². The summed E-state index contributed by atoms with van der Waals surface area (Å²) in [5.74, 6) is 1.37. The molecule has 0 bridgehead atoms. The number of aryl methyl sites for hydroxylation is 1. The van der Waals surface area contributed by atoms with Gasteiger partial charge in [0.1, 0.15) is 0 Å². The van der Waals surface area contributed by atoms with Gasteiger partial charge in [-0.15, -0.1) is 12.4 Å². The summed E-state index contributed by atoms with van der Waals surface area (Å²) in [7, 11) is 0. The maximum atomic E-state index is 5.96. The van der Waals surface area contributed by atoms with Crippen molar-refractivity contribution in [3.8, 4) is 11.4 Å². The molecule has 0 amide bonds. The maximum absolute atomic E-state index is 5.96.